The molecule has 1 saturated carbocycles. The van der Waals surface area contributed by atoms with Gasteiger partial charge in [-0.1, -0.05) is 17.9 Å². The highest BCUT2D eigenvalue weighted by atomic mass is 16.5. The molecule has 4 nitrogen and oxygen atoms in total. The maximum absolute atomic E-state index is 6.03. The van der Waals surface area contributed by atoms with E-state index < -0.39 is 0 Å². The smallest absolute Gasteiger partial charge is 0.240 e. The van der Waals surface area contributed by atoms with E-state index in [1.165, 1.54) is 25.7 Å². The van der Waals surface area contributed by atoms with E-state index in [2.05, 4.69) is 47.5 Å². The molecule has 3 aliphatic rings. The molecule has 0 aromatic heterocycles. The molecular weight excluding hydrogens is 300 g/mol. The summed E-state index contributed by atoms with van der Waals surface area (Å²) in [6.07, 6.45) is 7.05. The van der Waals surface area contributed by atoms with Gasteiger partial charge in [0.1, 0.15) is 0 Å². The van der Waals surface area contributed by atoms with Crippen LogP contribution in [0.25, 0.3) is 0 Å². The average molecular weight is 324 g/mol. The summed E-state index contributed by atoms with van der Waals surface area (Å²) in [7, 11) is 0. The molecule has 126 valence electrons. The minimum atomic E-state index is -0.0938. The van der Waals surface area contributed by atoms with Crippen LogP contribution in [0.5, 0.6) is 0 Å². The van der Waals surface area contributed by atoms with Crippen molar-refractivity contribution in [1.82, 2.24) is 5.43 Å². The fraction of sp³-hybridized carbons (Fsp3) is 0.550. The van der Waals surface area contributed by atoms with Crippen molar-refractivity contribution < 1.29 is 9.47 Å². The normalized spacial score (nSPS) is 26.0. The minimum absolute atomic E-state index is 0.0938. The molecule has 0 amide bonds. The molecule has 1 aliphatic carbocycles. The predicted octanol–water partition coefficient (Wildman–Crippen LogP) is 3.32. The second-order valence-corrected chi connectivity index (χ2v) is 6.95. The first-order chi connectivity index (χ1) is 11.8. The van der Waals surface area contributed by atoms with Crippen molar-refractivity contribution >= 4 is 5.90 Å². The molecular formula is C20H24N2O2. The molecule has 24 heavy (non-hydrogen) atoms. The van der Waals surface area contributed by atoms with Crippen LogP contribution in [0.2, 0.25) is 0 Å². The number of rotatable bonds is 3. The Balaban J connectivity index is 1.42. The van der Waals surface area contributed by atoms with Gasteiger partial charge in [-0.05, 0) is 56.7 Å². The third-order valence-corrected chi connectivity index (χ3v) is 4.78. The quantitative estimate of drug-likeness (QED) is 0.867. The van der Waals surface area contributed by atoms with E-state index in [1.54, 1.807) is 0 Å². The topological polar surface area (TPSA) is 42.9 Å². The van der Waals surface area contributed by atoms with Crippen LogP contribution in [0.15, 0.2) is 23.3 Å². The number of ether oxygens (including phenoxy) is 2. The van der Waals surface area contributed by atoms with E-state index in [1.807, 2.05) is 0 Å². The summed E-state index contributed by atoms with van der Waals surface area (Å²) in [5.74, 6) is 7.86. The molecule has 4 rings (SSSR count). The van der Waals surface area contributed by atoms with E-state index in [0.717, 1.165) is 36.1 Å². The van der Waals surface area contributed by atoms with Gasteiger partial charge in [0, 0.05) is 30.1 Å². The Hall–Kier alpha value is -1.99. The molecule has 2 heterocycles. The Morgan fingerprint density at radius 3 is 2.96 bits per heavy atom. The highest BCUT2D eigenvalue weighted by Crippen LogP contribution is 2.28. The van der Waals surface area contributed by atoms with Crippen LogP contribution in [0.3, 0.4) is 0 Å². The van der Waals surface area contributed by atoms with Crippen LogP contribution in [-0.4, -0.2) is 24.8 Å². The van der Waals surface area contributed by atoms with Gasteiger partial charge < -0.3 is 9.47 Å². The fourth-order valence-corrected chi connectivity index (χ4v) is 3.12. The highest BCUT2D eigenvalue weighted by molar-refractivity contribution is 5.96. The number of nitrogens with one attached hydrogen (secondary N) is 1. The summed E-state index contributed by atoms with van der Waals surface area (Å²) in [6, 6.07) is 6.25. The second kappa shape index (κ2) is 6.86. The molecule has 1 saturated heterocycles. The number of hydrogen-bond donors (Lipinski definition) is 1. The number of hydrogen-bond acceptors (Lipinski definition) is 4. The van der Waals surface area contributed by atoms with Gasteiger partial charge in [0.05, 0.1) is 6.10 Å². The van der Waals surface area contributed by atoms with Gasteiger partial charge in [0.2, 0.25) is 5.90 Å². The summed E-state index contributed by atoms with van der Waals surface area (Å²) >= 11 is 0. The molecule has 2 atom stereocenters. The summed E-state index contributed by atoms with van der Waals surface area (Å²) < 4.78 is 11.8. The van der Waals surface area contributed by atoms with Gasteiger partial charge in [-0.25, -0.2) is 0 Å². The third kappa shape index (κ3) is 3.73. The Bertz CT molecular complexity index is 691. The van der Waals surface area contributed by atoms with Gasteiger partial charge in [-0.3, -0.25) is 5.43 Å². The SMILES string of the molecule is Cc1ccc(C#CC2CC2)cc1C1=NN[C@H](CC2CCCCO2)O1. The Morgan fingerprint density at radius 1 is 1.25 bits per heavy atom. The van der Waals surface area contributed by atoms with Crippen molar-refractivity contribution in [3.05, 3.63) is 34.9 Å². The largest absolute Gasteiger partial charge is 0.451 e. The average Bonchev–Trinajstić information content (AvgIpc) is 3.33. The zero-order valence-corrected chi connectivity index (χ0v) is 14.2. The van der Waals surface area contributed by atoms with E-state index >= 15 is 0 Å². The van der Waals surface area contributed by atoms with Gasteiger partial charge in [0.25, 0.3) is 0 Å². The van der Waals surface area contributed by atoms with Crippen molar-refractivity contribution in [3.8, 4) is 11.8 Å². The van der Waals surface area contributed by atoms with Gasteiger partial charge in [-0.15, -0.1) is 5.10 Å². The van der Waals surface area contributed by atoms with Crippen molar-refractivity contribution in [1.29, 1.82) is 0 Å². The molecule has 1 unspecified atom stereocenters. The molecule has 1 aromatic carbocycles. The van der Waals surface area contributed by atoms with E-state index in [4.69, 9.17) is 9.47 Å². The Labute approximate surface area is 143 Å². The van der Waals surface area contributed by atoms with Gasteiger partial charge >= 0.3 is 0 Å². The molecule has 0 radical (unpaired) electrons. The highest BCUT2D eigenvalue weighted by Gasteiger charge is 2.26. The van der Waals surface area contributed by atoms with Crippen molar-refractivity contribution in [2.75, 3.05) is 6.61 Å². The Kier molecular flexibility index (Phi) is 4.44. The van der Waals surface area contributed by atoms with E-state index in [-0.39, 0.29) is 12.3 Å². The second-order valence-electron chi connectivity index (χ2n) is 6.95. The zero-order chi connectivity index (χ0) is 16.4. The lowest BCUT2D eigenvalue weighted by atomic mass is 10.0. The van der Waals surface area contributed by atoms with Gasteiger partial charge in [-0.2, -0.15) is 0 Å². The molecule has 0 spiro atoms. The zero-order valence-electron chi connectivity index (χ0n) is 14.2. The molecule has 1 aromatic rings. The van der Waals surface area contributed by atoms with Crippen LogP contribution in [0.4, 0.5) is 0 Å². The molecule has 1 N–H and O–H groups in total. The van der Waals surface area contributed by atoms with Crippen LogP contribution in [-0.2, 0) is 9.47 Å². The van der Waals surface area contributed by atoms with E-state index in [9.17, 15) is 0 Å². The molecule has 2 aliphatic heterocycles. The third-order valence-electron chi connectivity index (χ3n) is 4.78. The standard InChI is InChI=1S/C20H24N2O2/c1-14-5-6-16(10-9-15-7-8-15)12-18(14)20-22-21-19(24-20)13-17-4-2-3-11-23-17/h5-6,12,15,17,19,21H,2-4,7-8,11,13H2,1H3/t17?,19-/m0/s1. The summed E-state index contributed by atoms with van der Waals surface area (Å²) in [5.41, 5.74) is 6.32. The van der Waals surface area contributed by atoms with E-state index in [0.29, 0.717) is 11.8 Å². The number of aryl methyl sites for hydroxylation is 1. The van der Waals surface area contributed by atoms with Crippen LogP contribution in [0.1, 0.15) is 55.2 Å². The number of nitrogens with zero attached hydrogens (tertiary/aromatic N) is 1. The van der Waals surface area contributed by atoms with Crippen molar-refractivity contribution in [2.24, 2.45) is 11.0 Å². The number of benzene rings is 1. The van der Waals surface area contributed by atoms with Crippen LogP contribution < -0.4 is 5.43 Å². The first-order valence-corrected chi connectivity index (χ1v) is 9.02. The molecule has 0 bridgehead atoms. The summed E-state index contributed by atoms with van der Waals surface area (Å²) in [5, 5.41) is 4.40. The lowest BCUT2D eigenvalue weighted by molar-refractivity contribution is -0.0136. The maximum atomic E-state index is 6.03. The number of hydrazone groups is 1. The first kappa shape index (κ1) is 15.5. The van der Waals surface area contributed by atoms with Gasteiger partial charge in [0.15, 0.2) is 6.23 Å². The molecule has 2 fully saturated rings. The van der Waals surface area contributed by atoms with Crippen molar-refractivity contribution in [3.63, 3.8) is 0 Å². The van der Waals surface area contributed by atoms with Crippen LogP contribution >= 0.6 is 0 Å². The van der Waals surface area contributed by atoms with Crippen molar-refractivity contribution in [2.45, 2.75) is 57.8 Å². The monoisotopic (exact) mass is 324 g/mol. The Morgan fingerprint density at radius 2 is 2.17 bits per heavy atom. The minimum Gasteiger partial charge on any atom is -0.451 e. The lowest BCUT2D eigenvalue weighted by Crippen LogP contribution is -2.31. The summed E-state index contributed by atoms with van der Waals surface area (Å²) in [4.78, 5) is 0. The first-order valence-electron chi connectivity index (χ1n) is 9.02. The molecule has 4 heteroatoms. The summed E-state index contributed by atoms with van der Waals surface area (Å²) in [6.45, 7) is 2.95. The maximum Gasteiger partial charge on any atom is 0.240 e. The van der Waals surface area contributed by atoms with Crippen LogP contribution in [0, 0.1) is 24.7 Å². The predicted molar refractivity (Wildman–Crippen MR) is 93.5 cm³/mol. The lowest BCUT2D eigenvalue weighted by Gasteiger charge is -2.24. The fourth-order valence-electron chi connectivity index (χ4n) is 3.12.